The summed E-state index contributed by atoms with van der Waals surface area (Å²) in [6.45, 7) is 0.718. The van der Waals surface area contributed by atoms with E-state index in [9.17, 15) is 4.79 Å². The Morgan fingerprint density at radius 2 is 1.92 bits per heavy atom. The first kappa shape index (κ1) is 16.5. The first-order valence-electron chi connectivity index (χ1n) is 7.88. The molecule has 0 N–H and O–H groups in total. The van der Waals surface area contributed by atoms with Crippen molar-refractivity contribution in [1.82, 2.24) is 8.94 Å². The van der Waals surface area contributed by atoms with E-state index in [1.807, 2.05) is 34.4 Å². The van der Waals surface area contributed by atoms with Gasteiger partial charge in [-0.2, -0.15) is 0 Å². The summed E-state index contributed by atoms with van der Waals surface area (Å²) in [4.78, 5) is 16.8. The van der Waals surface area contributed by atoms with E-state index < -0.39 is 0 Å². The van der Waals surface area contributed by atoms with E-state index in [0.717, 1.165) is 36.2 Å². The van der Waals surface area contributed by atoms with Gasteiger partial charge in [-0.1, -0.05) is 17.6 Å². The monoisotopic (exact) mass is 344 g/mol. The van der Waals surface area contributed by atoms with E-state index in [1.54, 1.807) is 20.3 Å². The van der Waals surface area contributed by atoms with Crippen LogP contribution < -0.4 is 15.0 Å². The fourth-order valence-electron chi connectivity index (χ4n) is 2.65. The Hall–Kier alpha value is -2.34. The Morgan fingerprint density at radius 3 is 2.62 bits per heavy atom. The number of fused-ring (bicyclic) bond motifs is 1. The number of benzene rings is 1. The standard InChI is InChI=1S/C18H20N2O3S/c1-22-15-11-14-17(12-16(15)23-2)24-20(18(14)21)10-6-4-8-13-7-3-5-9-19-13/h3,5,7,9,11-12H,4,6,8,10H2,1-2H3. The Labute approximate surface area is 144 Å². The third-order valence-corrected chi connectivity index (χ3v) is 5.02. The van der Waals surface area contributed by atoms with Crippen LogP contribution >= 0.6 is 11.5 Å². The molecule has 0 fully saturated rings. The topological polar surface area (TPSA) is 53.4 Å². The van der Waals surface area contributed by atoms with Crippen molar-refractivity contribution < 1.29 is 9.47 Å². The lowest BCUT2D eigenvalue weighted by Gasteiger charge is -2.05. The normalized spacial score (nSPS) is 10.9. The molecule has 0 radical (unpaired) electrons. The number of methoxy groups -OCH3 is 2. The molecule has 0 aliphatic heterocycles. The van der Waals surface area contributed by atoms with E-state index >= 15 is 0 Å². The van der Waals surface area contributed by atoms with Gasteiger partial charge in [0.25, 0.3) is 5.56 Å². The van der Waals surface area contributed by atoms with Crippen LogP contribution in [0, 0.1) is 0 Å². The maximum Gasteiger partial charge on any atom is 0.268 e. The predicted octanol–water partition coefficient (Wildman–Crippen LogP) is 3.50. The van der Waals surface area contributed by atoms with Crippen LogP contribution in [0.2, 0.25) is 0 Å². The molecule has 3 aromatic rings. The zero-order valence-corrected chi connectivity index (χ0v) is 14.6. The minimum atomic E-state index is 0.0359. The second kappa shape index (κ2) is 7.49. The maximum atomic E-state index is 12.5. The molecule has 0 unspecified atom stereocenters. The molecule has 0 bridgehead atoms. The molecule has 1 aromatic carbocycles. The van der Waals surface area contributed by atoms with Gasteiger partial charge in [-0.3, -0.25) is 13.7 Å². The van der Waals surface area contributed by atoms with Crippen molar-refractivity contribution in [2.24, 2.45) is 0 Å². The molecule has 3 rings (SSSR count). The highest BCUT2D eigenvalue weighted by Gasteiger charge is 2.13. The number of nitrogens with zero attached hydrogens (tertiary/aromatic N) is 2. The van der Waals surface area contributed by atoms with Gasteiger partial charge in [0.2, 0.25) is 0 Å². The average molecular weight is 344 g/mol. The summed E-state index contributed by atoms with van der Waals surface area (Å²) in [5, 5.41) is 0.683. The van der Waals surface area contributed by atoms with Crippen molar-refractivity contribution >= 4 is 21.6 Å². The number of aromatic nitrogens is 2. The molecule has 2 aromatic heterocycles. The Morgan fingerprint density at radius 1 is 1.12 bits per heavy atom. The second-order valence-corrected chi connectivity index (χ2v) is 6.54. The lowest BCUT2D eigenvalue weighted by atomic mass is 10.2. The van der Waals surface area contributed by atoms with Crippen LogP contribution in [-0.4, -0.2) is 23.2 Å². The van der Waals surface area contributed by atoms with Crippen molar-refractivity contribution in [3.63, 3.8) is 0 Å². The van der Waals surface area contributed by atoms with Gasteiger partial charge < -0.3 is 9.47 Å². The lowest BCUT2D eigenvalue weighted by Crippen LogP contribution is -2.13. The number of hydrogen-bond acceptors (Lipinski definition) is 5. The van der Waals surface area contributed by atoms with Crippen LogP contribution in [0.4, 0.5) is 0 Å². The molecule has 0 spiro atoms. The molecule has 0 saturated carbocycles. The van der Waals surface area contributed by atoms with Gasteiger partial charge in [-0.25, -0.2) is 0 Å². The van der Waals surface area contributed by atoms with E-state index in [2.05, 4.69) is 4.98 Å². The lowest BCUT2D eigenvalue weighted by molar-refractivity contribution is 0.356. The molecule has 0 atom stereocenters. The third-order valence-electron chi connectivity index (χ3n) is 3.92. The van der Waals surface area contributed by atoms with Crippen molar-refractivity contribution in [2.75, 3.05) is 14.2 Å². The quantitative estimate of drug-likeness (QED) is 0.616. The largest absolute Gasteiger partial charge is 0.493 e. The van der Waals surface area contributed by atoms with E-state index in [0.29, 0.717) is 16.9 Å². The molecule has 6 heteroatoms. The summed E-state index contributed by atoms with van der Waals surface area (Å²) in [5.41, 5.74) is 1.13. The molecule has 0 aliphatic carbocycles. The second-order valence-electron chi connectivity index (χ2n) is 5.48. The summed E-state index contributed by atoms with van der Waals surface area (Å²) in [6.07, 6.45) is 4.69. The van der Waals surface area contributed by atoms with Crippen LogP contribution in [-0.2, 0) is 13.0 Å². The van der Waals surface area contributed by atoms with E-state index in [4.69, 9.17) is 9.47 Å². The van der Waals surface area contributed by atoms with Gasteiger partial charge in [-0.15, -0.1) is 0 Å². The molecular weight excluding hydrogens is 324 g/mol. The highest BCUT2D eigenvalue weighted by atomic mass is 32.1. The van der Waals surface area contributed by atoms with Gasteiger partial charge in [0.1, 0.15) is 0 Å². The first-order chi connectivity index (χ1) is 11.7. The van der Waals surface area contributed by atoms with Gasteiger partial charge in [0.15, 0.2) is 11.5 Å². The van der Waals surface area contributed by atoms with Gasteiger partial charge in [0, 0.05) is 24.5 Å². The average Bonchev–Trinajstić information content (AvgIpc) is 2.93. The molecule has 5 nitrogen and oxygen atoms in total. The number of ether oxygens (including phenoxy) is 2. The van der Waals surface area contributed by atoms with Crippen molar-refractivity contribution in [2.45, 2.75) is 25.8 Å². The summed E-state index contributed by atoms with van der Waals surface area (Å²) in [7, 11) is 3.17. The van der Waals surface area contributed by atoms with Crippen LogP contribution in [0.15, 0.2) is 41.3 Å². The number of unbranched alkanes of at least 4 members (excludes halogenated alkanes) is 1. The van der Waals surface area contributed by atoms with Gasteiger partial charge in [-0.05, 0) is 37.5 Å². The summed E-state index contributed by atoms with van der Waals surface area (Å²) in [5.74, 6) is 1.23. The number of pyridine rings is 1. The fourth-order valence-corrected chi connectivity index (χ4v) is 3.70. The third kappa shape index (κ3) is 3.43. The summed E-state index contributed by atoms with van der Waals surface area (Å²) >= 11 is 1.47. The minimum Gasteiger partial charge on any atom is -0.493 e. The molecule has 0 amide bonds. The first-order valence-corrected chi connectivity index (χ1v) is 8.66. The molecule has 126 valence electrons. The maximum absolute atomic E-state index is 12.5. The summed E-state index contributed by atoms with van der Waals surface area (Å²) in [6, 6.07) is 9.58. The molecule has 0 aliphatic rings. The number of rotatable bonds is 7. The number of aryl methyl sites for hydroxylation is 2. The zero-order chi connectivity index (χ0) is 16.9. The van der Waals surface area contributed by atoms with Crippen molar-refractivity contribution in [1.29, 1.82) is 0 Å². The minimum absolute atomic E-state index is 0.0359. The van der Waals surface area contributed by atoms with E-state index in [1.165, 1.54) is 11.5 Å². The van der Waals surface area contributed by atoms with Gasteiger partial charge >= 0.3 is 0 Å². The highest BCUT2D eigenvalue weighted by Crippen LogP contribution is 2.32. The smallest absolute Gasteiger partial charge is 0.268 e. The SMILES string of the molecule is COc1cc2sn(CCCCc3ccccn3)c(=O)c2cc1OC. The Balaban J connectivity index is 1.71. The fraction of sp³-hybridized carbons (Fsp3) is 0.333. The van der Waals surface area contributed by atoms with Crippen LogP contribution in [0.5, 0.6) is 11.5 Å². The molecule has 2 heterocycles. The highest BCUT2D eigenvalue weighted by molar-refractivity contribution is 7.13. The molecular formula is C18H20N2O3S. The van der Waals surface area contributed by atoms with Crippen molar-refractivity contribution in [3.8, 4) is 11.5 Å². The Bertz CT molecular complexity index is 871. The number of hydrogen-bond donors (Lipinski definition) is 0. The van der Waals surface area contributed by atoms with Crippen LogP contribution in [0.1, 0.15) is 18.5 Å². The Kier molecular flexibility index (Phi) is 5.15. The van der Waals surface area contributed by atoms with Crippen LogP contribution in [0.25, 0.3) is 10.1 Å². The van der Waals surface area contributed by atoms with Gasteiger partial charge in [0.05, 0.1) is 24.3 Å². The van der Waals surface area contributed by atoms with E-state index in [-0.39, 0.29) is 5.56 Å². The zero-order valence-electron chi connectivity index (χ0n) is 13.8. The predicted molar refractivity (Wildman–Crippen MR) is 96.4 cm³/mol. The van der Waals surface area contributed by atoms with Crippen LogP contribution in [0.3, 0.4) is 0 Å². The molecule has 0 saturated heterocycles. The summed E-state index contributed by atoms with van der Waals surface area (Å²) < 4.78 is 13.3. The molecule has 24 heavy (non-hydrogen) atoms. The van der Waals surface area contributed by atoms with Crippen molar-refractivity contribution in [3.05, 3.63) is 52.6 Å².